The van der Waals surface area contributed by atoms with Gasteiger partial charge in [0.25, 0.3) is 0 Å². The fraction of sp³-hybridized carbons (Fsp3) is 0.444. The second kappa shape index (κ2) is 10.8. The Bertz CT molecular complexity index is 725. The van der Waals surface area contributed by atoms with Crippen LogP contribution in [0.1, 0.15) is 12.0 Å². The number of nitrogens with one attached hydrogen (secondary N) is 1. The Kier molecular flexibility index (Phi) is 8.69. The van der Waals surface area contributed by atoms with Crippen LogP contribution in [-0.2, 0) is 11.3 Å². The molecule has 0 radical (unpaired) electrons. The number of nitrogens with zero attached hydrogens (tertiary/aromatic N) is 2. The van der Waals surface area contributed by atoms with E-state index in [2.05, 4.69) is 10.3 Å². The van der Waals surface area contributed by atoms with Gasteiger partial charge in [-0.15, -0.1) is 23.7 Å². The summed E-state index contributed by atoms with van der Waals surface area (Å²) in [5.41, 5.74) is 0.919. The minimum Gasteiger partial charge on any atom is -0.497 e. The number of anilines is 1. The first-order valence-corrected chi connectivity index (χ1v) is 10.5. The average molecular weight is 430 g/mol. The lowest BCUT2D eigenvalue weighted by atomic mass is 10.1. The van der Waals surface area contributed by atoms with E-state index in [4.69, 9.17) is 9.47 Å². The van der Waals surface area contributed by atoms with Crippen LogP contribution in [0.2, 0.25) is 0 Å². The van der Waals surface area contributed by atoms with E-state index in [1.165, 1.54) is 11.3 Å². The third kappa shape index (κ3) is 5.75. The molecule has 0 bridgehead atoms. The van der Waals surface area contributed by atoms with Crippen LogP contribution in [0.3, 0.4) is 0 Å². The first-order valence-electron chi connectivity index (χ1n) is 8.43. The number of methoxy groups -OCH3 is 2. The number of carbonyl (C=O) groups is 1. The number of halogens is 1. The van der Waals surface area contributed by atoms with Gasteiger partial charge in [-0.25, -0.2) is 4.98 Å². The Hall–Kier alpha value is -1.48. The molecule has 27 heavy (non-hydrogen) atoms. The zero-order chi connectivity index (χ0) is 18.4. The van der Waals surface area contributed by atoms with E-state index in [-0.39, 0.29) is 24.4 Å². The summed E-state index contributed by atoms with van der Waals surface area (Å²) < 4.78 is 10.7. The molecular weight excluding hydrogens is 406 g/mol. The molecule has 2 heterocycles. The molecule has 1 aromatic carbocycles. The number of aromatic nitrogens is 1. The number of thiazole rings is 1. The standard InChI is InChI=1S/C18H23N3O3S2.ClH/c1-23-15-4-3-13(16(10-15)24-2)11-21(18-20-6-8-26-18)17(22)9-14-12-25-7-5-19-14;/h3-4,6,8,10,14,19H,5,7,9,11-12H2,1-2H3;1H. The highest BCUT2D eigenvalue weighted by atomic mass is 35.5. The number of carbonyl (C=O) groups excluding carboxylic acids is 1. The highest BCUT2D eigenvalue weighted by Crippen LogP contribution is 2.29. The van der Waals surface area contributed by atoms with Crippen molar-refractivity contribution in [3.05, 3.63) is 35.3 Å². The Morgan fingerprint density at radius 3 is 2.85 bits per heavy atom. The second-order valence-corrected chi connectivity index (χ2v) is 7.93. The van der Waals surface area contributed by atoms with Crippen LogP contribution < -0.4 is 19.7 Å². The molecule has 2 aromatic rings. The Morgan fingerprint density at radius 1 is 1.37 bits per heavy atom. The van der Waals surface area contributed by atoms with Crippen LogP contribution in [-0.4, -0.2) is 49.2 Å². The molecule has 1 amide bonds. The van der Waals surface area contributed by atoms with Gasteiger partial charge in [0.1, 0.15) is 11.5 Å². The number of rotatable bonds is 7. The number of hydrogen-bond donors (Lipinski definition) is 1. The van der Waals surface area contributed by atoms with Gasteiger partial charge in [-0.2, -0.15) is 11.8 Å². The number of ether oxygens (including phenoxy) is 2. The maximum absolute atomic E-state index is 13.0. The summed E-state index contributed by atoms with van der Waals surface area (Å²) >= 11 is 3.35. The van der Waals surface area contributed by atoms with Gasteiger partial charge in [-0.3, -0.25) is 9.69 Å². The molecule has 0 aliphatic carbocycles. The van der Waals surface area contributed by atoms with E-state index < -0.39 is 0 Å². The molecule has 1 N–H and O–H groups in total. The highest BCUT2D eigenvalue weighted by Gasteiger charge is 2.24. The molecule has 6 nitrogen and oxygen atoms in total. The van der Waals surface area contributed by atoms with Crippen molar-refractivity contribution in [3.63, 3.8) is 0 Å². The maximum Gasteiger partial charge on any atom is 0.230 e. The van der Waals surface area contributed by atoms with Crippen molar-refractivity contribution in [2.75, 3.05) is 37.2 Å². The molecule has 9 heteroatoms. The van der Waals surface area contributed by atoms with Gasteiger partial charge in [-0.1, -0.05) is 0 Å². The smallest absolute Gasteiger partial charge is 0.230 e. The topological polar surface area (TPSA) is 63.7 Å². The van der Waals surface area contributed by atoms with Gasteiger partial charge >= 0.3 is 0 Å². The molecule has 1 aliphatic heterocycles. The van der Waals surface area contributed by atoms with Crippen molar-refractivity contribution in [2.24, 2.45) is 0 Å². The third-order valence-corrected chi connectivity index (χ3v) is 6.12. The number of hydrogen-bond acceptors (Lipinski definition) is 7. The zero-order valence-corrected chi connectivity index (χ0v) is 17.8. The molecule has 1 aliphatic rings. The first kappa shape index (κ1) is 21.8. The van der Waals surface area contributed by atoms with E-state index in [0.29, 0.717) is 23.8 Å². The van der Waals surface area contributed by atoms with Crippen LogP contribution in [0.4, 0.5) is 5.13 Å². The van der Waals surface area contributed by atoms with Crippen molar-refractivity contribution in [1.29, 1.82) is 0 Å². The molecule has 148 valence electrons. The fourth-order valence-electron chi connectivity index (χ4n) is 2.84. The largest absolute Gasteiger partial charge is 0.497 e. The summed E-state index contributed by atoms with van der Waals surface area (Å²) in [5.74, 6) is 3.55. The average Bonchev–Trinajstić information content (AvgIpc) is 3.21. The van der Waals surface area contributed by atoms with Crippen LogP contribution in [0.25, 0.3) is 0 Å². The number of benzene rings is 1. The minimum absolute atomic E-state index is 0. The Labute approximate surface area is 174 Å². The molecule has 1 fully saturated rings. The SMILES string of the molecule is COc1ccc(CN(C(=O)CC2CSCCN2)c2nccs2)c(OC)c1.Cl. The van der Waals surface area contributed by atoms with Crippen molar-refractivity contribution in [1.82, 2.24) is 10.3 Å². The van der Waals surface area contributed by atoms with Gasteiger partial charge in [0.05, 0.1) is 20.8 Å². The predicted molar refractivity (Wildman–Crippen MR) is 114 cm³/mol. The summed E-state index contributed by atoms with van der Waals surface area (Å²) in [7, 11) is 3.24. The van der Waals surface area contributed by atoms with E-state index in [1.54, 1.807) is 25.3 Å². The zero-order valence-electron chi connectivity index (χ0n) is 15.3. The molecule has 1 aromatic heterocycles. The Morgan fingerprint density at radius 2 is 2.22 bits per heavy atom. The summed E-state index contributed by atoms with van der Waals surface area (Å²) in [5, 5.41) is 6.01. The van der Waals surface area contributed by atoms with Gasteiger partial charge in [0.2, 0.25) is 5.91 Å². The molecule has 1 atom stereocenters. The van der Waals surface area contributed by atoms with Gasteiger partial charge in [-0.05, 0) is 12.1 Å². The lowest BCUT2D eigenvalue weighted by Crippen LogP contribution is -2.42. The number of thioether (sulfide) groups is 1. The minimum atomic E-state index is 0. The molecular formula is C18H24ClN3O3S2. The van der Waals surface area contributed by atoms with Crippen molar-refractivity contribution in [2.45, 2.75) is 19.0 Å². The predicted octanol–water partition coefficient (Wildman–Crippen LogP) is 3.21. The van der Waals surface area contributed by atoms with Gasteiger partial charge in [0, 0.05) is 53.7 Å². The van der Waals surface area contributed by atoms with Crippen molar-refractivity contribution in [3.8, 4) is 11.5 Å². The molecule has 3 rings (SSSR count). The first-order chi connectivity index (χ1) is 12.7. The monoisotopic (exact) mass is 429 g/mol. The molecule has 0 spiro atoms. The lowest BCUT2D eigenvalue weighted by molar-refractivity contribution is -0.119. The second-order valence-electron chi connectivity index (χ2n) is 5.90. The summed E-state index contributed by atoms with van der Waals surface area (Å²) in [6.45, 7) is 1.37. The van der Waals surface area contributed by atoms with Gasteiger partial charge < -0.3 is 14.8 Å². The Balaban J connectivity index is 0.00000261. The molecule has 0 saturated carbocycles. The van der Waals surface area contributed by atoms with Crippen LogP contribution in [0, 0.1) is 0 Å². The quantitative estimate of drug-likeness (QED) is 0.729. The third-order valence-electron chi connectivity index (χ3n) is 4.19. The van der Waals surface area contributed by atoms with E-state index in [0.717, 1.165) is 29.4 Å². The molecule has 1 unspecified atom stereocenters. The maximum atomic E-state index is 13.0. The summed E-state index contributed by atoms with van der Waals surface area (Å²) in [4.78, 5) is 19.1. The molecule has 1 saturated heterocycles. The summed E-state index contributed by atoms with van der Waals surface area (Å²) in [6, 6.07) is 5.85. The van der Waals surface area contributed by atoms with Crippen molar-refractivity contribution < 1.29 is 14.3 Å². The summed E-state index contributed by atoms with van der Waals surface area (Å²) in [6.07, 6.45) is 2.19. The normalized spacial score (nSPS) is 16.3. The van der Waals surface area contributed by atoms with Crippen LogP contribution in [0.15, 0.2) is 29.8 Å². The van der Waals surface area contributed by atoms with E-state index in [1.807, 2.05) is 35.3 Å². The van der Waals surface area contributed by atoms with Crippen LogP contribution >= 0.6 is 35.5 Å². The highest BCUT2D eigenvalue weighted by molar-refractivity contribution is 7.99. The number of amides is 1. The van der Waals surface area contributed by atoms with E-state index >= 15 is 0 Å². The van der Waals surface area contributed by atoms with Gasteiger partial charge in [0.15, 0.2) is 5.13 Å². The lowest BCUT2D eigenvalue weighted by Gasteiger charge is -2.26. The fourth-order valence-corrected chi connectivity index (χ4v) is 4.44. The van der Waals surface area contributed by atoms with E-state index in [9.17, 15) is 4.79 Å². The van der Waals surface area contributed by atoms with Crippen molar-refractivity contribution >= 4 is 46.5 Å². The van der Waals surface area contributed by atoms with Crippen LogP contribution in [0.5, 0.6) is 11.5 Å².